The first kappa shape index (κ1) is 12.8. The standard InChI is InChI=1S/C15H18N2O3/c18-15(16-11-4-2-1-3-5-11)17-12-6-7-13-14(10-12)20-9-8-19-13/h6-11H,1-5H2,(H2,16,17,18). The van der Waals surface area contributed by atoms with Gasteiger partial charge < -0.3 is 20.1 Å². The minimum Gasteiger partial charge on any atom is -0.458 e. The Morgan fingerprint density at radius 3 is 2.60 bits per heavy atom. The fourth-order valence-electron chi connectivity index (χ4n) is 2.58. The molecule has 0 saturated heterocycles. The van der Waals surface area contributed by atoms with Gasteiger partial charge in [0.05, 0.1) is 0 Å². The van der Waals surface area contributed by atoms with E-state index in [1.807, 2.05) is 0 Å². The first-order valence-corrected chi connectivity index (χ1v) is 7.01. The number of amides is 2. The number of carbonyl (C=O) groups is 1. The number of hydrogen-bond acceptors (Lipinski definition) is 3. The Kier molecular flexibility index (Phi) is 3.76. The summed E-state index contributed by atoms with van der Waals surface area (Å²) in [5.41, 5.74) is 0.691. The van der Waals surface area contributed by atoms with Crippen molar-refractivity contribution in [1.82, 2.24) is 5.32 Å². The molecule has 0 radical (unpaired) electrons. The zero-order valence-corrected chi connectivity index (χ0v) is 11.2. The van der Waals surface area contributed by atoms with E-state index in [4.69, 9.17) is 9.47 Å². The molecule has 5 heteroatoms. The summed E-state index contributed by atoms with van der Waals surface area (Å²) in [5, 5.41) is 5.84. The van der Waals surface area contributed by atoms with Crippen LogP contribution in [0.5, 0.6) is 11.5 Å². The number of anilines is 1. The number of carbonyl (C=O) groups excluding carboxylic acids is 1. The second-order valence-electron chi connectivity index (χ2n) is 5.10. The molecular formula is C15H18N2O3. The fourth-order valence-corrected chi connectivity index (χ4v) is 2.58. The van der Waals surface area contributed by atoms with Crippen LogP contribution in [0, 0.1) is 0 Å². The van der Waals surface area contributed by atoms with Crippen LogP contribution in [-0.2, 0) is 0 Å². The van der Waals surface area contributed by atoms with Gasteiger partial charge in [-0.15, -0.1) is 0 Å². The van der Waals surface area contributed by atoms with Crippen molar-refractivity contribution < 1.29 is 14.3 Å². The minimum atomic E-state index is -0.163. The predicted molar refractivity (Wildman–Crippen MR) is 75.9 cm³/mol. The molecule has 0 bridgehead atoms. The molecule has 0 aromatic heterocycles. The lowest BCUT2D eigenvalue weighted by Gasteiger charge is -2.23. The molecule has 1 aliphatic carbocycles. The molecule has 0 atom stereocenters. The van der Waals surface area contributed by atoms with Crippen LogP contribution in [0.1, 0.15) is 32.1 Å². The van der Waals surface area contributed by atoms with Crippen LogP contribution < -0.4 is 20.1 Å². The zero-order chi connectivity index (χ0) is 13.8. The van der Waals surface area contributed by atoms with Gasteiger partial charge in [-0.25, -0.2) is 4.79 Å². The van der Waals surface area contributed by atoms with Gasteiger partial charge in [-0.2, -0.15) is 0 Å². The van der Waals surface area contributed by atoms with Gasteiger partial charge in [0.15, 0.2) is 11.5 Å². The Balaban J connectivity index is 1.58. The highest BCUT2D eigenvalue weighted by molar-refractivity contribution is 5.89. The quantitative estimate of drug-likeness (QED) is 0.869. The average molecular weight is 274 g/mol. The third-order valence-corrected chi connectivity index (χ3v) is 3.59. The molecule has 106 valence electrons. The highest BCUT2D eigenvalue weighted by Crippen LogP contribution is 2.32. The molecule has 5 nitrogen and oxygen atoms in total. The molecule has 0 unspecified atom stereocenters. The van der Waals surface area contributed by atoms with E-state index in [1.165, 1.54) is 31.8 Å². The largest absolute Gasteiger partial charge is 0.458 e. The Hall–Kier alpha value is -2.17. The van der Waals surface area contributed by atoms with E-state index in [2.05, 4.69) is 10.6 Å². The smallest absolute Gasteiger partial charge is 0.319 e. The Bertz CT molecular complexity index is 522. The molecule has 1 aromatic carbocycles. The lowest BCUT2D eigenvalue weighted by molar-refractivity contribution is 0.244. The van der Waals surface area contributed by atoms with Crippen molar-refractivity contribution in [3.8, 4) is 11.5 Å². The van der Waals surface area contributed by atoms with Crippen LogP contribution in [0.2, 0.25) is 0 Å². The maximum absolute atomic E-state index is 11.9. The Labute approximate surface area is 118 Å². The predicted octanol–water partition coefficient (Wildman–Crippen LogP) is 3.38. The number of hydrogen-bond donors (Lipinski definition) is 2. The molecule has 3 rings (SSSR count). The van der Waals surface area contributed by atoms with Crippen molar-refractivity contribution in [3.63, 3.8) is 0 Å². The summed E-state index contributed by atoms with van der Waals surface area (Å²) in [5.74, 6) is 1.24. The molecule has 2 N–H and O–H groups in total. The summed E-state index contributed by atoms with van der Waals surface area (Å²) >= 11 is 0. The van der Waals surface area contributed by atoms with Crippen molar-refractivity contribution in [3.05, 3.63) is 30.7 Å². The summed E-state index contributed by atoms with van der Waals surface area (Å²) in [6.45, 7) is 0. The highest BCUT2D eigenvalue weighted by Gasteiger charge is 2.16. The van der Waals surface area contributed by atoms with Gasteiger partial charge >= 0.3 is 6.03 Å². The molecule has 1 heterocycles. The number of ether oxygens (including phenoxy) is 2. The van der Waals surface area contributed by atoms with Gasteiger partial charge in [0.2, 0.25) is 0 Å². The van der Waals surface area contributed by atoms with Crippen molar-refractivity contribution in [2.75, 3.05) is 5.32 Å². The molecular weight excluding hydrogens is 256 g/mol. The van der Waals surface area contributed by atoms with Gasteiger partial charge in [-0.05, 0) is 25.0 Å². The second kappa shape index (κ2) is 5.86. The van der Waals surface area contributed by atoms with E-state index in [1.54, 1.807) is 18.2 Å². The van der Waals surface area contributed by atoms with Crippen molar-refractivity contribution in [2.24, 2.45) is 0 Å². The van der Waals surface area contributed by atoms with Crippen LogP contribution >= 0.6 is 0 Å². The van der Waals surface area contributed by atoms with E-state index in [9.17, 15) is 4.79 Å². The Morgan fingerprint density at radius 2 is 1.80 bits per heavy atom. The molecule has 2 aliphatic rings. The SMILES string of the molecule is O=C(Nc1ccc2c(c1)OC=CO2)NC1CCCCC1. The highest BCUT2D eigenvalue weighted by atomic mass is 16.5. The summed E-state index contributed by atoms with van der Waals surface area (Å²) < 4.78 is 10.6. The van der Waals surface area contributed by atoms with Crippen LogP contribution in [0.4, 0.5) is 10.5 Å². The topological polar surface area (TPSA) is 59.6 Å². The van der Waals surface area contributed by atoms with Crippen LogP contribution in [-0.4, -0.2) is 12.1 Å². The average Bonchev–Trinajstić information content (AvgIpc) is 2.48. The second-order valence-corrected chi connectivity index (χ2v) is 5.10. The summed E-state index contributed by atoms with van der Waals surface area (Å²) in [6, 6.07) is 5.45. The van der Waals surface area contributed by atoms with E-state index in [0.717, 1.165) is 12.8 Å². The summed E-state index contributed by atoms with van der Waals surface area (Å²) in [6.07, 6.45) is 8.75. The third-order valence-electron chi connectivity index (χ3n) is 3.59. The van der Waals surface area contributed by atoms with Crippen molar-refractivity contribution >= 4 is 11.7 Å². The molecule has 1 saturated carbocycles. The summed E-state index contributed by atoms with van der Waals surface area (Å²) in [4.78, 5) is 11.9. The van der Waals surface area contributed by atoms with Gasteiger partial charge in [0.25, 0.3) is 0 Å². The van der Waals surface area contributed by atoms with Crippen LogP contribution in [0.15, 0.2) is 30.7 Å². The van der Waals surface area contributed by atoms with Gasteiger partial charge in [0.1, 0.15) is 12.5 Å². The minimum absolute atomic E-state index is 0.163. The summed E-state index contributed by atoms with van der Waals surface area (Å²) in [7, 11) is 0. The maximum Gasteiger partial charge on any atom is 0.319 e. The molecule has 1 aliphatic heterocycles. The molecule has 1 fully saturated rings. The molecule has 2 amide bonds. The van der Waals surface area contributed by atoms with Gasteiger partial charge in [0, 0.05) is 17.8 Å². The van der Waals surface area contributed by atoms with E-state index in [-0.39, 0.29) is 6.03 Å². The molecule has 0 spiro atoms. The fraction of sp³-hybridized carbons (Fsp3) is 0.400. The number of nitrogens with one attached hydrogen (secondary N) is 2. The lowest BCUT2D eigenvalue weighted by atomic mass is 9.96. The molecule has 1 aromatic rings. The van der Waals surface area contributed by atoms with Crippen LogP contribution in [0.25, 0.3) is 0 Å². The first-order valence-electron chi connectivity index (χ1n) is 7.01. The van der Waals surface area contributed by atoms with Crippen LogP contribution in [0.3, 0.4) is 0 Å². The number of urea groups is 1. The van der Waals surface area contributed by atoms with E-state index < -0.39 is 0 Å². The number of benzene rings is 1. The van der Waals surface area contributed by atoms with Crippen molar-refractivity contribution in [1.29, 1.82) is 0 Å². The van der Waals surface area contributed by atoms with E-state index >= 15 is 0 Å². The van der Waals surface area contributed by atoms with Gasteiger partial charge in [-0.1, -0.05) is 19.3 Å². The number of rotatable bonds is 2. The van der Waals surface area contributed by atoms with Gasteiger partial charge in [-0.3, -0.25) is 0 Å². The maximum atomic E-state index is 11.9. The van der Waals surface area contributed by atoms with E-state index in [0.29, 0.717) is 23.2 Å². The lowest BCUT2D eigenvalue weighted by Crippen LogP contribution is -2.39. The third kappa shape index (κ3) is 3.04. The zero-order valence-electron chi connectivity index (χ0n) is 11.2. The van der Waals surface area contributed by atoms with Crippen molar-refractivity contribution in [2.45, 2.75) is 38.1 Å². The molecule has 20 heavy (non-hydrogen) atoms. The Morgan fingerprint density at radius 1 is 1.05 bits per heavy atom. The number of fused-ring (bicyclic) bond motifs is 1. The monoisotopic (exact) mass is 274 g/mol. The first-order chi connectivity index (χ1) is 9.81. The normalized spacial score (nSPS) is 17.6.